The van der Waals surface area contributed by atoms with E-state index in [1.807, 2.05) is 24.3 Å². The van der Waals surface area contributed by atoms with Crippen molar-refractivity contribution in [2.24, 2.45) is 0 Å². The van der Waals surface area contributed by atoms with E-state index in [4.69, 9.17) is 10.5 Å². The number of ether oxygens (including phenoxy) is 1. The van der Waals surface area contributed by atoms with Gasteiger partial charge in [-0.3, -0.25) is 0 Å². The van der Waals surface area contributed by atoms with Gasteiger partial charge in [-0.1, -0.05) is 6.07 Å². The number of fused-ring (bicyclic) bond motifs is 1. The average Bonchev–Trinajstić information content (AvgIpc) is 2.49. The van der Waals surface area contributed by atoms with Gasteiger partial charge in [-0.25, -0.2) is 0 Å². The molecule has 0 saturated heterocycles. The highest BCUT2D eigenvalue weighted by atomic mass is 16.5. The standard InChI is InChI=1S/C10H12N2O/c1-13-6-7-5-8-9(11)3-2-4-10(8)12-7/h2-5,12H,6,11H2,1H3. The molecule has 0 bridgehead atoms. The van der Waals surface area contributed by atoms with Crippen LogP contribution in [0.4, 0.5) is 5.69 Å². The van der Waals surface area contributed by atoms with Crippen LogP contribution in [-0.4, -0.2) is 12.1 Å². The fourth-order valence-electron chi connectivity index (χ4n) is 1.47. The Labute approximate surface area is 76.5 Å². The van der Waals surface area contributed by atoms with Crippen molar-refractivity contribution in [1.29, 1.82) is 0 Å². The van der Waals surface area contributed by atoms with Crippen LogP contribution in [0, 0.1) is 0 Å². The maximum Gasteiger partial charge on any atom is 0.0862 e. The third kappa shape index (κ3) is 1.38. The number of methoxy groups -OCH3 is 1. The van der Waals surface area contributed by atoms with Crippen molar-refractivity contribution in [3.05, 3.63) is 30.0 Å². The van der Waals surface area contributed by atoms with E-state index in [2.05, 4.69) is 4.98 Å². The monoisotopic (exact) mass is 176 g/mol. The average molecular weight is 176 g/mol. The fourth-order valence-corrected chi connectivity index (χ4v) is 1.47. The number of aromatic amines is 1. The van der Waals surface area contributed by atoms with Gasteiger partial charge < -0.3 is 15.5 Å². The van der Waals surface area contributed by atoms with Crippen molar-refractivity contribution in [2.75, 3.05) is 12.8 Å². The lowest BCUT2D eigenvalue weighted by Crippen LogP contribution is -1.85. The van der Waals surface area contributed by atoms with Crippen molar-refractivity contribution >= 4 is 16.6 Å². The lowest BCUT2D eigenvalue weighted by Gasteiger charge is -1.92. The van der Waals surface area contributed by atoms with Gasteiger partial charge >= 0.3 is 0 Å². The van der Waals surface area contributed by atoms with Crippen molar-refractivity contribution in [2.45, 2.75) is 6.61 Å². The highest BCUT2D eigenvalue weighted by Crippen LogP contribution is 2.21. The zero-order chi connectivity index (χ0) is 9.26. The smallest absolute Gasteiger partial charge is 0.0862 e. The van der Waals surface area contributed by atoms with Gasteiger partial charge in [0.05, 0.1) is 6.61 Å². The summed E-state index contributed by atoms with van der Waals surface area (Å²) in [5.74, 6) is 0. The molecule has 2 rings (SSSR count). The topological polar surface area (TPSA) is 51.0 Å². The summed E-state index contributed by atoms with van der Waals surface area (Å²) < 4.78 is 5.03. The Kier molecular flexibility index (Phi) is 1.94. The van der Waals surface area contributed by atoms with Crippen LogP contribution in [0.2, 0.25) is 0 Å². The quantitative estimate of drug-likeness (QED) is 0.686. The van der Waals surface area contributed by atoms with Gasteiger partial charge in [0, 0.05) is 29.4 Å². The molecule has 0 amide bonds. The molecule has 0 aliphatic rings. The molecule has 3 heteroatoms. The number of hydrogen-bond acceptors (Lipinski definition) is 2. The second kappa shape index (κ2) is 3.11. The Balaban J connectivity index is 2.55. The Hall–Kier alpha value is -1.48. The number of nitrogen functional groups attached to an aromatic ring is 1. The number of nitrogens with one attached hydrogen (secondary N) is 1. The number of nitrogens with two attached hydrogens (primary N) is 1. The van der Waals surface area contributed by atoms with Crippen molar-refractivity contribution in [1.82, 2.24) is 4.98 Å². The highest BCUT2D eigenvalue weighted by Gasteiger charge is 2.01. The molecule has 68 valence electrons. The molecule has 1 aromatic carbocycles. The maximum atomic E-state index is 5.80. The normalized spacial score (nSPS) is 10.8. The number of benzene rings is 1. The molecular formula is C10H12N2O. The van der Waals surface area contributed by atoms with Crippen molar-refractivity contribution < 1.29 is 4.74 Å². The molecule has 0 atom stereocenters. The van der Waals surface area contributed by atoms with Crippen LogP contribution < -0.4 is 5.73 Å². The molecule has 13 heavy (non-hydrogen) atoms. The van der Waals surface area contributed by atoms with E-state index in [-0.39, 0.29) is 0 Å². The van der Waals surface area contributed by atoms with Crippen LogP contribution in [0.1, 0.15) is 5.69 Å². The van der Waals surface area contributed by atoms with Gasteiger partial charge in [-0.2, -0.15) is 0 Å². The fraction of sp³-hybridized carbons (Fsp3) is 0.200. The number of rotatable bonds is 2. The molecule has 3 nitrogen and oxygen atoms in total. The molecule has 3 N–H and O–H groups in total. The van der Waals surface area contributed by atoms with E-state index in [1.165, 1.54) is 0 Å². The minimum absolute atomic E-state index is 0.591. The van der Waals surface area contributed by atoms with E-state index in [9.17, 15) is 0 Å². The predicted octanol–water partition coefficient (Wildman–Crippen LogP) is 1.90. The summed E-state index contributed by atoms with van der Waals surface area (Å²) in [6.07, 6.45) is 0. The summed E-state index contributed by atoms with van der Waals surface area (Å²) in [6, 6.07) is 7.86. The zero-order valence-electron chi connectivity index (χ0n) is 7.50. The predicted molar refractivity (Wildman–Crippen MR) is 53.4 cm³/mol. The molecular weight excluding hydrogens is 164 g/mol. The van der Waals surface area contributed by atoms with E-state index >= 15 is 0 Å². The van der Waals surface area contributed by atoms with E-state index in [0.29, 0.717) is 6.61 Å². The van der Waals surface area contributed by atoms with Gasteiger partial charge in [0.2, 0.25) is 0 Å². The van der Waals surface area contributed by atoms with E-state index < -0.39 is 0 Å². The van der Waals surface area contributed by atoms with Gasteiger partial charge in [-0.15, -0.1) is 0 Å². The Bertz CT molecular complexity index is 420. The van der Waals surface area contributed by atoms with Gasteiger partial charge in [0.15, 0.2) is 0 Å². The van der Waals surface area contributed by atoms with Crippen LogP contribution in [0.3, 0.4) is 0 Å². The van der Waals surface area contributed by atoms with Crippen LogP contribution >= 0.6 is 0 Å². The second-order valence-corrected chi connectivity index (χ2v) is 3.04. The zero-order valence-corrected chi connectivity index (χ0v) is 7.50. The van der Waals surface area contributed by atoms with Crippen LogP contribution in [0.15, 0.2) is 24.3 Å². The molecule has 0 saturated carbocycles. The SMILES string of the molecule is COCc1cc2c(N)cccc2[nH]1. The van der Waals surface area contributed by atoms with Crippen LogP contribution in [-0.2, 0) is 11.3 Å². The number of aromatic nitrogens is 1. The molecule has 1 heterocycles. The molecule has 2 aromatic rings. The number of hydrogen-bond donors (Lipinski definition) is 2. The molecule has 1 aromatic heterocycles. The summed E-state index contributed by atoms with van der Waals surface area (Å²) in [5.41, 5.74) is 8.72. The van der Waals surface area contributed by atoms with Crippen molar-refractivity contribution in [3.8, 4) is 0 Å². The first kappa shape index (κ1) is 8.13. The third-order valence-electron chi connectivity index (χ3n) is 2.05. The van der Waals surface area contributed by atoms with Crippen molar-refractivity contribution in [3.63, 3.8) is 0 Å². The first-order valence-corrected chi connectivity index (χ1v) is 4.16. The molecule has 0 aliphatic heterocycles. The highest BCUT2D eigenvalue weighted by molar-refractivity contribution is 5.91. The summed E-state index contributed by atoms with van der Waals surface area (Å²) in [5, 5.41) is 1.06. The van der Waals surface area contributed by atoms with Crippen LogP contribution in [0.25, 0.3) is 10.9 Å². The lowest BCUT2D eigenvalue weighted by molar-refractivity contribution is 0.182. The second-order valence-electron chi connectivity index (χ2n) is 3.04. The molecule has 0 fully saturated rings. The molecule has 0 unspecified atom stereocenters. The summed E-state index contributed by atoms with van der Waals surface area (Å²) in [7, 11) is 1.68. The Morgan fingerprint density at radius 2 is 2.31 bits per heavy atom. The minimum Gasteiger partial charge on any atom is -0.398 e. The van der Waals surface area contributed by atoms with Gasteiger partial charge in [0.25, 0.3) is 0 Å². The maximum absolute atomic E-state index is 5.80. The number of anilines is 1. The van der Waals surface area contributed by atoms with E-state index in [1.54, 1.807) is 7.11 Å². The first-order valence-electron chi connectivity index (χ1n) is 4.16. The molecule has 0 aliphatic carbocycles. The third-order valence-corrected chi connectivity index (χ3v) is 2.05. The largest absolute Gasteiger partial charge is 0.398 e. The van der Waals surface area contributed by atoms with Gasteiger partial charge in [-0.05, 0) is 18.2 Å². The minimum atomic E-state index is 0.591. The molecule has 0 radical (unpaired) electrons. The Morgan fingerprint density at radius 3 is 3.00 bits per heavy atom. The summed E-state index contributed by atoms with van der Waals surface area (Å²) in [6.45, 7) is 0.591. The molecule has 0 spiro atoms. The van der Waals surface area contributed by atoms with Gasteiger partial charge in [0.1, 0.15) is 0 Å². The summed E-state index contributed by atoms with van der Waals surface area (Å²) in [4.78, 5) is 3.23. The first-order chi connectivity index (χ1) is 6.31. The number of H-pyrrole nitrogens is 1. The summed E-state index contributed by atoms with van der Waals surface area (Å²) >= 11 is 0. The van der Waals surface area contributed by atoms with Crippen LogP contribution in [0.5, 0.6) is 0 Å². The Morgan fingerprint density at radius 1 is 1.46 bits per heavy atom. The van der Waals surface area contributed by atoms with E-state index in [0.717, 1.165) is 22.3 Å². The lowest BCUT2D eigenvalue weighted by atomic mass is 10.2.